The number of rotatable bonds is 5. The second kappa shape index (κ2) is 8.88. The van der Waals surface area contributed by atoms with Gasteiger partial charge in [-0.2, -0.15) is 11.8 Å². The van der Waals surface area contributed by atoms with Crippen LogP contribution in [-0.4, -0.2) is 41.7 Å². The molecule has 2 atom stereocenters. The van der Waals surface area contributed by atoms with Gasteiger partial charge in [0.05, 0.1) is 10.9 Å². The van der Waals surface area contributed by atoms with Crippen molar-refractivity contribution in [3.8, 4) is 0 Å². The van der Waals surface area contributed by atoms with Crippen molar-refractivity contribution in [2.75, 3.05) is 24.6 Å². The number of guanidine groups is 1. The van der Waals surface area contributed by atoms with Crippen molar-refractivity contribution >= 4 is 40.7 Å². The highest BCUT2D eigenvalue weighted by Crippen LogP contribution is 2.26. The molecule has 1 aliphatic heterocycles. The van der Waals surface area contributed by atoms with E-state index in [9.17, 15) is 5.11 Å². The predicted octanol–water partition coefficient (Wildman–Crippen LogP) is 2.89. The number of halogens is 1. The number of nitrogens with zero attached hydrogens (tertiary/aromatic N) is 1. The molecule has 0 aromatic carbocycles. The number of nitrogens with one attached hydrogen (secondary N) is 2. The number of aliphatic hydroxyl groups excluding tert-OH is 1. The standard InChI is InChI=1S/C14H22ClN3OS2/c1-2-16-14(18-10-4-3-7-20-9-10)17-8-11(19)12-5-6-13(15)21-12/h5-6,10-11,19H,2-4,7-9H2,1H3,(H2,16,17,18). The maximum atomic E-state index is 10.1. The third kappa shape index (κ3) is 5.70. The van der Waals surface area contributed by atoms with Gasteiger partial charge in [0.25, 0.3) is 0 Å². The number of hydrogen-bond acceptors (Lipinski definition) is 4. The van der Waals surface area contributed by atoms with Crippen LogP contribution in [0.2, 0.25) is 4.34 Å². The maximum Gasteiger partial charge on any atom is 0.191 e. The van der Waals surface area contributed by atoms with Crippen LogP contribution in [0.5, 0.6) is 0 Å². The molecule has 21 heavy (non-hydrogen) atoms. The van der Waals surface area contributed by atoms with Crippen LogP contribution in [0, 0.1) is 0 Å². The molecule has 1 aliphatic rings. The van der Waals surface area contributed by atoms with Gasteiger partial charge in [0.15, 0.2) is 5.96 Å². The van der Waals surface area contributed by atoms with E-state index in [1.165, 1.54) is 29.9 Å². The zero-order valence-corrected chi connectivity index (χ0v) is 14.5. The molecular weight excluding hydrogens is 326 g/mol. The van der Waals surface area contributed by atoms with E-state index >= 15 is 0 Å². The lowest BCUT2D eigenvalue weighted by molar-refractivity contribution is 0.191. The summed E-state index contributed by atoms with van der Waals surface area (Å²) in [5.74, 6) is 3.16. The number of aliphatic hydroxyl groups is 1. The van der Waals surface area contributed by atoms with Gasteiger partial charge in [-0.3, -0.25) is 4.99 Å². The van der Waals surface area contributed by atoms with E-state index in [0.29, 0.717) is 16.9 Å². The fourth-order valence-corrected chi connectivity index (χ4v) is 4.25. The van der Waals surface area contributed by atoms with Gasteiger partial charge < -0.3 is 15.7 Å². The first kappa shape index (κ1) is 16.9. The van der Waals surface area contributed by atoms with Crippen LogP contribution < -0.4 is 10.6 Å². The van der Waals surface area contributed by atoms with E-state index in [1.807, 2.05) is 24.8 Å². The first-order valence-corrected chi connectivity index (χ1v) is 9.60. The molecule has 7 heteroatoms. The van der Waals surface area contributed by atoms with Crippen LogP contribution >= 0.6 is 34.7 Å². The minimum absolute atomic E-state index is 0.339. The van der Waals surface area contributed by atoms with Gasteiger partial charge in [-0.25, -0.2) is 0 Å². The fourth-order valence-electron chi connectivity index (χ4n) is 2.14. The Morgan fingerprint density at radius 1 is 1.57 bits per heavy atom. The Morgan fingerprint density at radius 3 is 3.05 bits per heavy atom. The Bertz CT molecular complexity index is 461. The van der Waals surface area contributed by atoms with Crippen molar-refractivity contribution in [2.24, 2.45) is 4.99 Å². The van der Waals surface area contributed by atoms with Gasteiger partial charge in [0, 0.05) is 23.2 Å². The molecule has 1 aromatic rings. The first-order chi connectivity index (χ1) is 10.2. The zero-order chi connectivity index (χ0) is 15.1. The average Bonchev–Trinajstić information content (AvgIpc) is 2.92. The summed E-state index contributed by atoms with van der Waals surface area (Å²) >= 11 is 9.27. The Balaban J connectivity index is 1.89. The third-order valence-corrected chi connectivity index (χ3v) is 5.74. The summed E-state index contributed by atoms with van der Waals surface area (Å²) in [6, 6.07) is 4.12. The molecule has 4 nitrogen and oxygen atoms in total. The molecule has 0 spiro atoms. The highest BCUT2D eigenvalue weighted by atomic mass is 35.5. The lowest BCUT2D eigenvalue weighted by atomic mass is 10.2. The molecular formula is C14H22ClN3OS2. The molecule has 1 fully saturated rings. The second-order valence-corrected chi connectivity index (χ2v) is 7.83. The number of thioether (sulfide) groups is 1. The Morgan fingerprint density at radius 2 is 2.43 bits per heavy atom. The van der Waals surface area contributed by atoms with E-state index in [1.54, 1.807) is 6.07 Å². The van der Waals surface area contributed by atoms with E-state index in [2.05, 4.69) is 15.6 Å². The molecule has 1 aromatic heterocycles. The highest BCUT2D eigenvalue weighted by molar-refractivity contribution is 7.99. The van der Waals surface area contributed by atoms with Gasteiger partial charge in [-0.05, 0) is 37.7 Å². The Labute approximate surface area is 139 Å². The fraction of sp³-hybridized carbons (Fsp3) is 0.643. The van der Waals surface area contributed by atoms with Gasteiger partial charge in [0.1, 0.15) is 6.10 Å². The molecule has 2 rings (SSSR count). The summed E-state index contributed by atoms with van der Waals surface area (Å²) in [7, 11) is 0. The molecule has 0 amide bonds. The topological polar surface area (TPSA) is 56.7 Å². The number of hydrogen-bond donors (Lipinski definition) is 3. The SMILES string of the molecule is CCNC(=NCC(O)c1ccc(Cl)s1)NC1CCCSC1. The van der Waals surface area contributed by atoms with E-state index in [0.717, 1.165) is 23.1 Å². The van der Waals surface area contributed by atoms with Gasteiger partial charge in [-0.15, -0.1) is 11.3 Å². The lowest BCUT2D eigenvalue weighted by Crippen LogP contribution is -2.45. The van der Waals surface area contributed by atoms with Crippen molar-refractivity contribution in [3.05, 3.63) is 21.3 Å². The molecule has 1 saturated heterocycles. The quantitative estimate of drug-likeness (QED) is 0.566. The summed E-state index contributed by atoms with van der Waals surface area (Å²) in [4.78, 5) is 5.35. The minimum atomic E-state index is -0.598. The number of aliphatic imine (C=N–C) groups is 1. The molecule has 2 heterocycles. The van der Waals surface area contributed by atoms with Gasteiger partial charge >= 0.3 is 0 Å². The normalized spacial score (nSPS) is 21.1. The molecule has 2 unspecified atom stereocenters. The van der Waals surface area contributed by atoms with E-state index in [4.69, 9.17) is 11.6 Å². The van der Waals surface area contributed by atoms with Crippen LogP contribution in [0.15, 0.2) is 17.1 Å². The van der Waals surface area contributed by atoms with Crippen molar-refractivity contribution in [3.63, 3.8) is 0 Å². The van der Waals surface area contributed by atoms with E-state index < -0.39 is 6.10 Å². The van der Waals surface area contributed by atoms with Gasteiger partial charge in [-0.1, -0.05) is 11.6 Å². The van der Waals surface area contributed by atoms with Crippen LogP contribution in [0.1, 0.15) is 30.7 Å². The monoisotopic (exact) mass is 347 g/mol. The van der Waals surface area contributed by atoms with Crippen LogP contribution in [-0.2, 0) is 0 Å². The second-order valence-electron chi connectivity index (χ2n) is 4.94. The summed E-state index contributed by atoms with van der Waals surface area (Å²) in [6.45, 7) is 3.20. The Hall–Kier alpha value is -0.430. The lowest BCUT2D eigenvalue weighted by Gasteiger charge is -2.24. The summed E-state index contributed by atoms with van der Waals surface area (Å²) in [6.07, 6.45) is 1.83. The predicted molar refractivity (Wildman–Crippen MR) is 93.8 cm³/mol. The maximum absolute atomic E-state index is 10.1. The summed E-state index contributed by atoms with van der Waals surface area (Å²) in [5.41, 5.74) is 0. The van der Waals surface area contributed by atoms with Gasteiger partial charge in [0.2, 0.25) is 0 Å². The summed E-state index contributed by atoms with van der Waals surface area (Å²) < 4.78 is 0.692. The van der Waals surface area contributed by atoms with E-state index in [-0.39, 0.29) is 0 Å². The first-order valence-electron chi connectivity index (χ1n) is 7.25. The minimum Gasteiger partial charge on any atom is -0.386 e. The molecule has 0 aliphatic carbocycles. The third-order valence-electron chi connectivity index (χ3n) is 3.19. The molecule has 0 bridgehead atoms. The molecule has 0 saturated carbocycles. The smallest absolute Gasteiger partial charge is 0.191 e. The van der Waals surface area contributed by atoms with Crippen LogP contribution in [0.4, 0.5) is 0 Å². The highest BCUT2D eigenvalue weighted by Gasteiger charge is 2.15. The van der Waals surface area contributed by atoms with Crippen LogP contribution in [0.3, 0.4) is 0 Å². The molecule has 118 valence electrons. The molecule has 0 radical (unpaired) electrons. The number of thiophene rings is 1. The van der Waals surface area contributed by atoms with Crippen molar-refractivity contribution < 1.29 is 5.11 Å². The van der Waals surface area contributed by atoms with Crippen molar-refractivity contribution in [2.45, 2.75) is 31.9 Å². The van der Waals surface area contributed by atoms with Crippen LogP contribution in [0.25, 0.3) is 0 Å². The molecule has 3 N–H and O–H groups in total. The zero-order valence-electron chi connectivity index (χ0n) is 12.1. The summed E-state index contributed by atoms with van der Waals surface area (Å²) in [5, 5.41) is 16.8. The largest absolute Gasteiger partial charge is 0.386 e. The average molecular weight is 348 g/mol. The van der Waals surface area contributed by atoms with Crippen molar-refractivity contribution in [1.29, 1.82) is 0 Å². The Kier molecular flexibility index (Phi) is 7.16. The van der Waals surface area contributed by atoms with Crippen molar-refractivity contribution in [1.82, 2.24) is 10.6 Å².